The molecule has 0 bridgehead atoms. The molecule has 76 valence electrons. The summed E-state index contributed by atoms with van der Waals surface area (Å²) >= 11 is 8.78. The zero-order valence-electron chi connectivity index (χ0n) is 7.31. The van der Waals surface area contributed by atoms with Crippen LogP contribution in [0.1, 0.15) is 15.9 Å². The van der Waals surface area contributed by atoms with Crippen LogP contribution in [0.2, 0.25) is 5.02 Å². The molecule has 2 nitrogen and oxygen atoms in total. The summed E-state index contributed by atoms with van der Waals surface area (Å²) in [7, 11) is 1.19. The Labute approximate surface area is 94.1 Å². The highest BCUT2D eigenvalue weighted by Gasteiger charge is 2.16. The van der Waals surface area contributed by atoms with E-state index < -0.39 is 11.8 Å². The van der Waals surface area contributed by atoms with Crippen molar-refractivity contribution in [1.29, 1.82) is 0 Å². The standard InChI is InChI=1S/C9H7BrClFO2/c1-14-9(13)6-2-5(4-10)3-7(11)8(6)12/h2-3H,4H2,1H3. The summed E-state index contributed by atoms with van der Waals surface area (Å²) in [6.45, 7) is 0. The highest BCUT2D eigenvalue weighted by molar-refractivity contribution is 9.08. The summed E-state index contributed by atoms with van der Waals surface area (Å²) in [5.41, 5.74) is 0.575. The fourth-order valence-electron chi connectivity index (χ4n) is 0.981. The first-order valence-corrected chi connectivity index (χ1v) is 5.22. The number of ether oxygens (including phenoxy) is 1. The van der Waals surface area contributed by atoms with Crippen LogP contribution in [0.15, 0.2) is 12.1 Å². The van der Waals surface area contributed by atoms with E-state index in [9.17, 15) is 9.18 Å². The van der Waals surface area contributed by atoms with Gasteiger partial charge in [-0.15, -0.1) is 0 Å². The molecule has 0 saturated carbocycles. The quantitative estimate of drug-likeness (QED) is 0.615. The van der Waals surface area contributed by atoms with Gasteiger partial charge in [0.05, 0.1) is 17.7 Å². The zero-order valence-corrected chi connectivity index (χ0v) is 9.65. The molecule has 0 atom stereocenters. The van der Waals surface area contributed by atoms with Gasteiger partial charge in [-0.1, -0.05) is 27.5 Å². The molecule has 0 unspecified atom stereocenters. The lowest BCUT2D eigenvalue weighted by Gasteiger charge is -2.05. The predicted molar refractivity (Wildman–Crippen MR) is 55.4 cm³/mol. The number of methoxy groups -OCH3 is 1. The minimum atomic E-state index is -0.747. The Balaban J connectivity index is 3.27. The van der Waals surface area contributed by atoms with Crippen molar-refractivity contribution in [2.24, 2.45) is 0 Å². The maximum Gasteiger partial charge on any atom is 0.340 e. The molecule has 1 aromatic carbocycles. The number of carbonyl (C=O) groups is 1. The first-order chi connectivity index (χ1) is 6.60. The molecule has 0 fully saturated rings. The van der Waals surface area contributed by atoms with Gasteiger partial charge in [0.15, 0.2) is 5.82 Å². The number of benzene rings is 1. The number of halogens is 3. The molecule has 0 amide bonds. The van der Waals surface area contributed by atoms with E-state index in [1.165, 1.54) is 19.2 Å². The maximum absolute atomic E-state index is 13.3. The molecule has 0 aliphatic rings. The highest BCUT2D eigenvalue weighted by atomic mass is 79.9. The summed E-state index contributed by atoms with van der Waals surface area (Å²) in [5.74, 6) is -1.48. The van der Waals surface area contributed by atoms with Crippen LogP contribution >= 0.6 is 27.5 Å². The van der Waals surface area contributed by atoms with Gasteiger partial charge in [0.2, 0.25) is 0 Å². The fraction of sp³-hybridized carbons (Fsp3) is 0.222. The number of alkyl halides is 1. The van der Waals surface area contributed by atoms with Gasteiger partial charge < -0.3 is 4.74 Å². The molecule has 0 N–H and O–H groups in total. The van der Waals surface area contributed by atoms with Crippen molar-refractivity contribution in [3.63, 3.8) is 0 Å². The summed E-state index contributed by atoms with van der Waals surface area (Å²) in [4.78, 5) is 11.1. The van der Waals surface area contributed by atoms with E-state index in [0.717, 1.165) is 5.56 Å². The smallest absolute Gasteiger partial charge is 0.340 e. The molecule has 0 aliphatic heterocycles. The lowest BCUT2D eigenvalue weighted by Crippen LogP contribution is -2.05. The van der Waals surface area contributed by atoms with Crippen molar-refractivity contribution in [3.05, 3.63) is 34.1 Å². The molecule has 0 radical (unpaired) electrons. The SMILES string of the molecule is COC(=O)c1cc(CBr)cc(Cl)c1F. The number of esters is 1. The Morgan fingerprint density at radius 3 is 2.79 bits per heavy atom. The van der Waals surface area contributed by atoms with Gasteiger partial charge in [-0.25, -0.2) is 9.18 Å². The molecule has 0 aromatic heterocycles. The predicted octanol–water partition coefficient (Wildman–Crippen LogP) is 3.16. The maximum atomic E-state index is 13.3. The van der Waals surface area contributed by atoms with Crippen molar-refractivity contribution in [2.45, 2.75) is 5.33 Å². The van der Waals surface area contributed by atoms with Gasteiger partial charge in [0.25, 0.3) is 0 Å². The molecule has 5 heteroatoms. The first kappa shape index (κ1) is 11.5. The Hall–Kier alpha value is -0.610. The Kier molecular flexibility index (Phi) is 3.89. The van der Waals surface area contributed by atoms with Crippen LogP contribution in [0.25, 0.3) is 0 Å². The molecule has 1 aromatic rings. The Morgan fingerprint density at radius 2 is 2.29 bits per heavy atom. The van der Waals surface area contributed by atoms with E-state index in [0.29, 0.717) is 5.33 Å². The van der Waals surface area contributed by atoms with Crippen LogP contribution in [0, 0.1) is 5.82 Å². The van der Waals surface area contributed by atoms with Crippen LogP contribution in [-0.4, -0.2) is 13.1 Å². The minimum Gasteiger partial charge on any atom is -0.465 e. The molecular weight excluding hydrogens is 274 g/mol. The lowest BCUT2D eigenvalue weighted by atomic mass is 10.1. The molecule has 0 saturated heterocycles. The van der Waals surface area contributed by atoms with Crippen molar-refractivity contribution in [3.8, 4) is 0 Å². The van der Waals surface area contributed by atoms with Crippen LogP contribution in [0.4, 0.5) is 4.39 Å². The van der Waals surface area contributed by atoms with Crippen LogP contribution in [-0.2, 0) is 10.1 Å². The second-order valence-electron chi connectivity index (χ2n) is 2.56. The lowest BCUT2D eigenvalue weighted by molar-refractivity contribution is 0.0595. The Morgan fingerprint density at radius 1 is 1.64 bits per heavy atom. The number of hydrogen-bond donors (Lipinski definition) is 0. The zero-order chi connectivity index (χ0) is 10.7. The number of rotatable bonds is 2. The van der Waals surface area contributed by atoms with Gasteiger partial charge in [0.1, 0.15) is 0 Å². The minimum absolute atomic E-state index is 0.0812. The fourth-order valence-corrected chi connectivity index (χ4v) is 1.55. The monoisotopic (exact) mass is 280 g/mol. The molecule has 0 spiro atoms. The molecule has 0 aliphatic carbocycles. The van der Waals surface area contributed by atoms with Crippen LogP contribution in [0.5, 0.6) is 0 Å². The van der Waals surface area contributed by atoms with E-state index in [2.05, 4.69) is 20.7 Å². The normalized spacial score (nSPS) is 10.0. The number of hydrogen-bond acceptors (Lipinski definition) is 2. The van der Waals surface area contributed by atoms with Crippen LogP contribution in [0.3, 0.4) is 0 Å². The Bertz CT molecular complexity index is 368. The van der Waals surface area contributed by atoms with E-state index in [1.54, 1.807) is 0 Å². The van der Waals surface area contributed by atoms with Crippen LogP contribution < -0.4 is 0 Å². The van der Waals surface area contributed by atoms with Crippen molar-refractivity contribution in [2.75, 3.05) is 7.11 Å². The van der Waals surface area contributed by atoms with Gasteiger partial charge in [-0.3, -0.25) is 0 Å². The van der Waals surface area contributed by atoms with Gasteiger partial charge in [-0.2, -0.15) is 0 Å². The van der Waals surface area contributed by atoms with E-state index >= 15 is 0 Å². The molecular formula is C9H7BrClFO2. The molecule has 1 rings (SSSR count). The average Bonchev–Trinajstić information content (AvgIpc) is 2.20. The summed E-state index contributed by atoms with van der Waals surface area (Å²) < 4.78 is 17.7. The summed E-state index contributed by atoms with van der Waals surface area (Å²) in [6.07, 6.45) is 0. The second kappa shape index (κ2) is 4.75. The number of carbonyl (C=O) groups excluding carboxylic acids is 1. The third kappa shape index (κ3) is 2.25. The van der Waals surface area contributed by atoms with Crippen molar-refractivity contribution >= 4 is 33.5 Å². The molecule has 0 heterocycles. The molecule has 14 heavy (non-hydrogen) atoms. The highest BCUT2D eigenvalue weighted by Crippen LogP contribution is 2.22. The first-order valence-electron chi connectivity index (χ1n) is 3.72. The van der Waals surface area contributed by atoms with Crippen molar-refractivity contribution < 1.29 is 13.9 Å². The van der Waals surface area contributed by atoms with E-state index in [-0.39, 0.29) is 10.6 Å². The topological polar surface area (TPSA) is 26.3 Å². The summed E-state index contributed by atoms with van der Waals surface area (Å²) in [6, 6.07) is 2.86. The van der Waals surface area contributed by atoms with Crippen molar-refractivity contribution in [1.82, 2.24) is 0 Å². The largest absolute Gasteiger partial charge is 0.465 e. The summed E-state index contributed by atoms with van der Waals surface area (Å²) in [5, 5.41) is 0.416. The average molecular weight is 282 g/mol. The van der Waals surface area contributed by atoms with Gasteiger partial charge in [-0.05, 0) is 17.7 Å². The van der Waals surface area contributed by atoms with E-state index in [4.69, 9.17) is 11.6 Å². The van der Waals surface area contributed by atoms with Gasteiger partial charge >= 0.3 is 5.97 Å². The van der Waals surface area contributed by atoms with Gasteiger partial charge in [0, 0.05) is 5.33 Å². The van der Waals surface area contributed by atoms with E-state index in [1.807, 2.05) is 0 Å². The third-order valence-corrected chi connectivity index (χ3v) is 2.57. The second-order valence-corrected chi connectivity index (χ2v) is 3.53. The third-order valence-electron chi connectivity index (χ3n) is 1.65.